The predicted octanol–water partition coefficient (Wildman–Crippen LogP) is 3.45. The largest absolute Gasteiger partial charge is 0.374 e. The smallest absolute Gasteiger partial charge is 0.243 e. The molecule has 0 spiro atoms. The fraction of sp³-hybridized carbons (Fsp3) is 0.222. The zero-order chi connectivity index (χ0) is 17.7. The number of amides is 2. The van der Waals surface area contributed by atoms with Crippen molar-refractivity contribution in [1.29, 1.82) is 0 Å². The standard InChI is InChI=1S/C18H20FN3O2/c1-11-5-4-6-16(12(11)2)22-18(24)10-20-17-9-14(21-13(3)23)7-8-15(17)19/h4-9,20H,10H2,1-3H3,(H,21,23)(H,22,24). The Hall–Kier alpha value is -2.89. The number of aryl methyl sites for hydroxylation is 1. The molecule has 0 radical (unpaired) electrons. The lowest BCUT2D eigenvalue weighted by atomic mass is 10.1. The summed E-state index contributed by atoms with van der Waals surface area (Å²) in [6.45, 7) is 5.17. The first-order valence-corrected chi connectivity index (χ1v) is 7.54. The van der Waals surface area contributed by atoms with Crippen LogP contribution in [0, 0.1) is 19.7 Å². The molecule has 0 heterocycles. The summed E-state index contributed by atoms with van der Waals surface area (Å²) in [5, 5.41) is 8.10. The lowest BCUT2D eigenvalue weighted by molar-refractivity contribution is -0.115. The predicted molar refractivity (Wildman–Crippen MR) is 93.7 cm³/mol. The van der Waals surface area contributed by atoms with E-state index in [2.05, 4.69) is 16.0 Å². The van der Waals surface area contributed by atoms with Crippen molar-refractivity contribution in [2.24, 2.45) is 0 Å². The molecule has 126 valence electrons. The maximum Gasteiger partial charge on any atom is 0.243 e. The zero-order valence-electron chi connectivity index (χ0n) is 13.9. The Morgan fingerprint density at radius 2 is 1.79 bits per heavy atom. The lowest BCUT2D eigenvalue weighted by Crippen LogP contribution is -2.22. The molecule has 6 heteroatoms. The van der Waals surface area contributed by atoms with E-state index < -0.39 is 5.82 Å². The summed E-state index contributed by atoms with van der Waals surface area (Å²) < 4.78 is 13.8. The van der Waals surface area contributed by atoms with Gasteiger partial charge in [-0.1, -0.05) is 12.1 Å². The van der Waals surface area contributed by atoms with Gasteiger partial charge in [-0.15, -0.1) is 0 Å². The van der Waals surface area contributed by atoms with Gasteiger partial charge in [-0.05, 0) is 49.2 Å². The summed E-state index contributed by atoms with van der Waals surface area (Å²) >= 11 is 0. The van der Waals surface area contributed by atoms with E-state index in [-0.39, 0.29) is 24.0 Å². The molecule has 2 aromatic carbocycles. The molecular formula is C18H20FN3O2. The molecule has 3 N–H and O–H groups in total. The van der Waals surface area contributed by atoms with Crippen LogP contribution in [-0.2, 0) is 9.59 Å². The lowest BCUT2D eigenvalue weighted by Gasteiger charge is -2.12. The van der Waals surface area contributed by atoms with Crippen LogP contribution in [0.15, 0.2) is 36.4 Å². The molecule has 0 saturated heterocycles. The topological polar surface area (TPSA) is 70.2 Å². The molecule has 24 heavy (non-hydrogen) atoms. The van der Waals surface area contributed by atoms with Crippen molar-refractivity contribution in [3.63, 3.8) is 0 Å². The first kappa shape index (κ1) is 17.5. The number of rotatable bonds is 5. The van der Waals surface area contributed by atoms with E-state index in [1.807, 2.05) is 32.0 Å². The molecule has 0 aliphatic rings. The van der Waals surface area contributed by atoms with Crippen LogP contribution in [0.2, 0.25) is 0 Å². The van der Waals surface area contributed by atoms with Crippen LogP contribution in [0.1, 0.15) is 18.1 Å². The number of anilines is 3. The van der Waals surface area contributed by atoms with Crippen molar-refractivity contribution < 1.29 is 14.0 Å². The van der Waals surface area contributed by atoms with Crippen LogP contribution in [0.25, 0.3) is 0 Å². The van der Waals surface area contributed by atoms with Gasteiger partial charge in [-0.25, -0.2) is 4.39 Å². The Labute approximate surface area is 140 Å². The van der Waals surface area contributed by atoms with Crippen LogP contribution in [-0.4, -0.2) is 18.4 Å². The van der Waals surface area contributed by atoms with E-state index in [1.165, 1.54) is 25.1 Å². The molecule has 0 aliphatic heterocycles. The highest BCUT2D eigenvalue weighted by molar-refractivity contribution is 5.95. The van der Waals surface area contributed by atoms with Crippen LogP contribution in [0.4, 0.5) is 21.5 Å². The molecule has 2 aromatic rings. The average molecular weight is 329 g/mol. The second-order valence-electron chi connectivity index (χ2n) is 5.53. The normalized spacial score (nSPS) is 10.2. The maximum absolute atomic E-state index is 13.8. The second-order valence-corrected chi connectivity index (χ2v) is 5.53. The third kappa shape index (κ3) is 4.55. The Morgan fingerprint density at radius 3 is 2.50 bits per heavy atom. The van der Waals surface area contributed by atoms with Gasteiger partial charge in [-0.2, -0.15) is 0 Å². The highest BCUT2D eigenvalue weighted by atomic mass is 19.1. The van der Waals surface area contributed by atoms with Gasteiger partial charge in [0.05, 0.1) is 12.2 Å². The number of benzene rings is 2. The van der Waals surface area contributed by atoms with Gasteiger partial charge in [0.15, 0.2) is 0 Å². The van der Waals surface area contributed by atoms with Gasteiger partial charge in [0.25, 0.3) is 0 Å². The number of hydrogen-bond donors (Lipinski definition) is 3. The van der Waals surface area contributed by atoms with Gasteiger partial charge >= 0.3 is 0 Å². The SMILES string of the molecule is CC(=O)Nc1ccc(F)c(NCC(=O)Nc2cccc(C)c2C)c1. The van der Waals surface area contributed by atoms with E-state index in [1.54, 1.807) is 0 Å². The van der Waals surface area contributed by atoms with Crippen molar-refractivity contribution in [3.8, 4) is 0 Å². The number of nitrogens with one attached hydrogen (secondary N) is 3. The van der Waals surface area contributed by atoms with Gasteiger partial charge in [0.1, 0.15) is 5.82 Å². The first-order chi connectivity index (χ1) is 11.4. The molecular weight excluding hydrogens is 309 g/mol. The van der Waals surface area contributed by atoms with E-state index in [0.717, 1.165) is 16.8 Å². The summed E-state index contributed by atoms with van der Waals surface area (Å²) in [6, 6.07) is 9.78. The quantitative estimate of drug-likeness (QED) is 0.787. The van der Waals surface area contributed by atoms with E-state index >= 15 is 0 Å². The minimum atomic E-state index is -0.497. The highest BCUT2D eigenvalue weighted by Crippen LogP contribution is 2.20. The van der Waals surface area contributed by atoms with E-state index in [0.29, 0.717) is 5.69 Å². The molecule has 2 amide bonds. The summed E-state index contributed by atoms with van der Waals surface area (Å²) in [5.41, 5.74) is 3.41. The van der Waals surface area contributed by atoms with Crippen LogP contribution >= 0.6 is 0 Å². The Kier molecular flexibility index (Phi) is 5.52. The number of carbonyl (C=O) groups excluding carboxylic acids is 2. The minimum Gasteiger partial charge on any atom is -0.374 e. The Balaban J connectivity index is 2.01. The van der Waals surface area contributed by atoms with Crippen molar-refractivity contribution >= 4 is 28.9 Å². The van der Waals surface area contributed by atoms with Gasteiger partial charge in [0, 0.05) is 18.3 Å². The van der Waals surface area contributed by atoms with Gasteiger partial charge in [0.2, 0.25) is 11.8 Å². The fourth-order valence-corrected chi connectivity index (χ4v) is 2.20. The highest BCUT2D eigenvalue weighted by Gasteiger charge is 2.09. The zero-order valence-corrected chi connectivity index (χ0v) is 13.9. The third-order valence-electron chi connectivity index (χ3n) is 3.60. The fourth-order valence-electron chi connectivity index (χ4n) is 2.20. The summed E-state index contributed by atoms with van der Waals surface area (Å²) in [7, 11) is 0. The molecule has 0 aromatic heterocycles. The molecule has 2 rings (SSSR count). The van der Waals surface area contributed by atoms with Crippen LogP contribution in [0.3, 0.4) is 0 Å². The second kappa shape index (κ2) is 7.59. The molecule has 0 atom stereocenters. The third-order valence-corrected chi connectivity index (χ3v) is 3.60. The molecule has 0 saturated carbocycles. The van der Waals surface area contributed by atoms with Crippen LogP contribution < -0.4 is 16.0 Å². The molecule has 0 fully saturated rings. The number of hydrogen-bond acceptors (Lipinski definition) is 3. The molecule has 0 aliphatic carbocycles. The van der Waals surface area contributed by atoms with Crippen molar-refractivity contribution in [2.45, 2.75) is 20.8 Å². The monoisotopic (exact) mass is 329 g/mol. The van der Waals surface area contributed by atoms with Crippen LogP contribution in [0.5, 0.6) is 0 Å². The summed E-state index contributed by atoms with van der Waals surface area (Å²) in [4.78, 5) is 23.1. The van der Waals surface area contributed by atoms with Gasteiger partial charge in [-0.3, -0.25) is 9.59 Å². The summed E-state index contributed by atoms with van der Waals surface area (Å²) in [6.07, 6.45) is 0. The Morgan fingerprint density at radius 1 is 1.04 bits per heavy atom. The van der Waals surface area contributed by atoms with E-state index in [9.17, 15) is 14.0 Å². The van der Waals surface area contributed by atoms with E-state index in [4.69, 9.17) is 0 Å². The van der Waals surface area contributed by atoms with Gasteiger partial charge < -0.3 is 16.0 Å². The summed E-state index contributed by atoms with van der Waals surface area (Å²) in [5.74, 6) is -1.03. The maximum atomic E-state index is 13.8. The molecule has 5 nitrogen and oxygen atoms in total. The average Bonchev–Trinajstić information content (AvgIpc) is 2.52. The first-order valence-electron chi connectivity index (χ1n) is 7.54. The Bertz CT molecular complexity index is 775. The number of carbonyl (C=O) groups is 2. The molecule has 0 unspecified atom stereocenters. The van der Waals surface area contributed by atoms with Crippen molar-refractivity contribution in [1.82, 2.24) is 0 Å². The molecule has 0 bridgehead atoms. The number of halogens is 1. The van der Waals surface area contributed by atoms with Crippen molar-refractivity contribution in [3.05, 3.63) is 53.3 Å². The minimum absolute atomic E-state index is 0.0895. The van der Waals surface area contributed by atoms with Crippen molar-refractivity contribution in [2.75, 3.05) is 22.5 Å².